The van der Waals surface area contributed by atoms with Crippen LogP contribution in [0.2, 0.25) is 0 Å². The van der Waals surface area contributed by atoms with Crippen LogP contribution in [0.25, 0.3) is 0 Å². The number of halogens is 1. The molecule has 1 aromatic carbocycles. The van der Waals surface area contributed by atoms with Crippen molar-refractivity contribution < 1.29 is 4.74 Å². The summed E-state index contributed by atoms with van der Waals surface area (Å²) in [6.45, 7) is 4.46. The third kappa shape index (κ3) is 3.47. The third-order valence-corrected chi connectivity index (χ3v) is 5.10. The first-order valence-electron chi connectivity index (χ1n) is 7.91. The quantitative estimate of drug-likeness (QED) is 0.794. The third-order valence-electron chi connectivity index (χ3n) is 4.36. The Hall–Kier alpha value is -1.86. The number of ether oxygens (including phenoxy) is 1. The van der Waals surface area contributed by atoms with Crippen LogP contribution < -0.4 is 15.2 Å². The number of methoxy groups -OCH3 is 1. The molecule has 0 unspecified atom stereocenters. The number of hydrogen-bond donors (Lipinski definition) is 0. The maximum absolute atomic E-state index is 12.0. The number of anilines is 1. The average molecular weight is 393 g/mol. The minimum absolute atomic E-state index is 0.107. The number of aromatic nitrogens is 2. The van der Waals surface area contributed by atoms with Gasteiger partial charge in [0.1, 0.15) is 10.2 Å². The predicted octanol–water partition coefficient (Wildman–Crippen LogP) is 1.87. The van der Waals surface area contributed by atoms with Gasteiger partial charge in [-0.1, -0.05) is 18.2 Å². The fourth-order valence-electron chi connectivity index (χ4n) is 2.94. The van der Waals surface area contributed by atoms with E-state index >= 15 is 0 Å². The van der Waals surface area contributed by atoms with Crippen LogP contribution in [0.4, 0.5) is 5.69 Å². The van der Waals surface area contributed by atoms with Crippen molar-refractivity contribution in [3.63, 3.8) is 0 Å². The van der Waals surface area contributed by atoms with E-state index < -0.39 is 0 Å². The molecule has 3 rings (SSSR count). The fraction of sp³-hybridized carbons (Fsp3) is 0.412. The van der Waals surface area contributed by atoms with Gasteiger partial charge in [-0.15, -0.1) is 0 Å². The number of rotatable bonds is 4. The van der Waals surface area contributed by atoms with Crippen LogP contribution >= 0.6 is 15.9 Å². The molecule has 1 fully saturated rings. The molecule has 0 bridgehead atoms. The molecule has 2 heterocycles. The van der Waals surface area contributed by atoms with Gasteiger partial charge in [-0.25, -0.2) is 4.68 Å². The van der Waals surface area contributed by atoms with Gasteiger partial charge in [-0.3, -0.25) is 9.69 Å². The molecular formula is C17H21BrN4O2. The molecule has 6 nitrogen and oxygen atoms in total. The van der Waals surface area contributed by atoms with Gasteiger partial charge in [-0.2, -0.15) is 5.10 Å². The first-order chi connectivity index (χ1) is 11.6. The molecule has 0 N–H and O–H groups in total. The summed E-state index contributed by atoms with van der Waals surface area (Å²) in [6.07, 6.45) is 1.75. The Balaban J connectivity index is 1.66. The van der Waals surface area contributed by atoms with E-state index in [0.29, 0.717) is 4.47 Å². The summed E-state index contributed by atoms with van der Waals surface area (Å²) >= 11 is 3.41. The first-order valence-corrected chi connectivity index (χ1v) is 8.70. The normalized spacial score (nSPS) is 15.5. The lowest BCUT2D eigenvalue weighted by Gasteiger charge is -2.36. The molecule has 0 atom stereocenters. The summed E-state index contributed by atoms with van der Waals surface area (Å²) in [7, 11) is 3.36. The molecular weight excluding hydrogens is 372 g/mol. The minimum Gasteiger partial charge on any atom is -0.496 e. The molecule has 0 radical (unpaired) electrons. The van der Waals surface area contributed by atoms with Gasteiger partial charge in [0.15, 0.2) is 0 Å². The van der Waals surface area contributed by atoms with E-state index in [0.717, 1.165) is 44.2 Å². The molecule has 0 saturated carbocycles. The zero-order valence-corrected chi connectivity index (χ0v) is 15.5. The molecule has 1 saturated heterocycles. The molecule has 7 heteroatoms. The molecule has 2 aromatic rings. The number of benzene rings is 1. The van der Waals surface area contributed by atoms with Crippen molar-refractivity contribution in [2.45, 2.75) is 6.54 Å². The van der Waals surface area contributed by atoms with Crippen LogP contribution in [0.5, 0.6) is 5.75 Å². The van der Waals surface area contributed by atoms with Gasteiger partial charge in [-0.05, 0) is 22.0 Å². The highest BCUT2D eigenvalue weighted by Gasteiger charge is 2.21. The molecule has 1 aliphatic heterocycles. The first kappa shape index (κ1) is 17.0. The van der Waals surface area contributed by atoms with E-state index in [1.807, 2.05) is 18.2 Å². The van der Waals surface area contributed by atoms with Crippen molar-refractivity contribution in [3.8, 4) is 5.75 Å². The Morgan fingerprint density at radius 2 is 1.92 bits per heavy atom. The monoisotopic (exact) mass is 392 g/mol. The van der Waals surface area contributed by atoms with Crippen LogP contribution in [0.15, 0.2) is 39.7 Å². The maximum Gasteiger partial charge on any atom is 0.282 e. The van der Waals surface area contributed by atoms with Crippen molar-refractivity contribution in [2.75, 3.05) is 38.2 Å². The van der Waals surface area contributed by atoms with E-state index in [1.54, 1.807) is 20.4 Å². The largest absolute Gasteiger partial charge is 0.496 e. The highest BCUT2D eigenvalue weighted by molar-refractivity contribution is 9.10. The van der Waals surface area contributed by atoms with Crippen LogP contribution in [-0.4, -0.2) is 48.0 Å². The predicted molar refractivity (Wildman–Crippen MR) is 97.7 cm³/mol. The molecule has 1 aliphatic rings. The van der Waals surface area contributed by atoms with Gasteiger partial charge in [0.2, 0.25) is 0 Å². The van der Waals surface area contributed by atoms with E-state index in [-0.39, 0.29) is 5.56 Å². The summed E-state index contributed by atoms with van der Waals surface area (Å²) < 4.78 is 7.35. The van der Waals surface area contributed by atoms with Gasteiger partial charge in [0.05, 0.1) is 19.0 Å². The van der Waals surface area contributed by atoms with Gasteiger partial charge in [0, 0.05) is 45.3 Å². The van der Waals surface area contributed by atoms with Gasteiger partial charge in [0.25, 0.3) is 5.56 Å². The average Bonchev–Trinajstić information content (AvgIpc) is 2.61. The van der Waals surface area contributed by atoms with E-state index in [4.69, 9.17) is 4.74 Å². The zero-order chi connectivity index (χ0) is 17.1. The number of hydrogen-bond acceptors (Lipinski definition) is 5. The van der Waals surface area contributed by atoms with E-state index in [9.17, 15) is 4.79 Å². The number of para-hydroxylation sites is 1. The summed E-state index contributed by atoms with van der Waals surface area (Å²) in [4.78, 5) is 16.6. The van der Waals surface area contributed by atoms with Gasteiger partial charge >= 0.3 is 0 Å². The Labute approximate surface area is 149 Å². The van der Waals surface area contributed by atoms with Crippen molar-refractivity contribution in [2.24, 2.45) is 7.05 Å². The second kappa shape index (κ2) is 7.36. The lowest BCUT2D eigenvalue weighted by Crippen LogP contribution is -2.46. The number of aryl methyl sites for hydroxylation is 1. The summed E-state index contributed by atoms with van der Waals surface area (Å²) in [6, 6.07) is 8.12. The summed E-state index contributed by atoms with van der Waals surface area (Å²) in [5, 5.41) is 4.13. The van der Waals surface area contributed by atoms with Crippen molar-refractivity contribution >= 4 is 21.6 Å². The highest BCUT2D eigenvalue weighted by Crippen LogP contribution is 2.24. The lowest BCUT2D eigenvalue weighted by molar-refractivity contribution is 0.246. The second-order valence-electron chi connectivity index (χ2n) is 5.85. The van der Waals surface area contributed by atoms with Crippen molar-refractivity contribution in [1.29, 1.82) is 0 Å². The van der Waals surface area contributed by atoms with Crippen LogP contribution in [0, 0.1) is 0 Å². The summed E-state index contributed by atoms with van der Waals surface area (Å²) in [5.41, 5.74) is 1.96. The van der Waals surface area contributed by atoms with Gasteiger partial charge < -0.3 is 9.64 Å². The minimum atomic E-state index is -0.107. The van der Waals surface area contributed by atoms with Crippen LogP contribution in [0.1, 0.15) is 5.56 Å². The Morgan fingerprint density at radius 3 is 2.62 bits per heavy atom. The molecule has 0 amide bonds. The smallest absolute Gasteiger partial charge is 0.282 e. The molecule has 24 heavy (non-hydrogen) atoms. The Bertz CT molecular complexity index is 769. The SMILES string of the molecule is COc1ccccc1CN1CCN(c2cnn(C)c(=O)c2Br)CC1. The van der Waals surface area contributed by atoms with Crippen molar-refractivity contribution in [1.82, 2.24) is 14.7 Å². The van der Waals surface area contributed by atoms with E-state index in [1.165, 1.54) is 10.2 Å². The Kier molecular flexibility index (Phi) is 5.20. The highest BCUT2D eigenvalue weighted by atomic mass is 79.9. The molecule has 128 valence electrons. The number of piperazine rings is 1. The van der Waals surface area contributed by atoms with Crippen LogP contribution in [0.3, 0.4) is 0 Å². The topological polar surface area (TPSA) is 50.6 Å². The maximum atomic E-state index is 12.0. The lowest BCUT2D eigenvalue weighted by atomic mass is 10.1. The molecule has 0 aliphatic carbocycles. The van der Waals surface area contributed by atoms with Crippen molar-refractivity contribution in [3.05, 3.63) is 50.9 Å². The zero-order valence-electron chi connectivity index (χ0n) is 13.9. The Morgan fingerprint density at radius 1 is 1.21 bits per heavy atom. The fourth-order valence-corrected chi connectivity index (χ4v) is 3.55. The summed E-state index contributed by atoms with van der Waals surface area (Å²) in [5.74, 6) is 0.929. The number of nitrogens with zero attached hydrogens (tertiary/aromatic N) is 4. The van der Waals surface area contributed by atoms with E-state index in [2.05, 4.69) is 36.9 Å². The van der Waals surface area contributed by atoms with Crippen LogP contribution in [-0.2, 0) is 13.6 Å². The molecule has 1 aromatic heterocycles. The molecule has 0 spiro atoms. The standard InChI is InChI=1S/C17H21BrN4O2/c1-20-17(23)16(18)14(11-19-20)22-9-7-21(8-10-22)12-13-5-3-4-6-15(13)24-2/h3-6,11H,7-10,12H2,1-2H3. The second-order valence-corrected chi connectivity index (χ2v) is 6.64.